The maximum atomic E-state index is 11.9. The molecule has 0 spiro atoms. The average molecular weight is 292 g/mol. The molecule has 2 nitrogen and oxygen atoms in total. The molecule has 0 bridgehead atoms. The Morgan fingerprint density at radius 2 is 2.11 bits per heavy atom. The number of rotatable bonds is 8. The molecule has 1 aliphatic rings. The fraction of sp³-hybridized carbons (Fsp3) is 0.929. The van der Waals surface area contributed by atoms with Crippen LogP contribution in [0, 0.1) is 11.8 Å². The van der Waals surface area contributed by atoms with Gasteiger partial charge in [0.25, 0.3) is 0 Å². The van der Waals surface area contributed by atoms with Crippen LogP contribution in [0.15, 0.2) is 0 Å². The lowest BCUT2D eigenvalue weighted by molar-refractivity contribution is -0.122. The molecule has 1 rings (SSSR count). The van der Waals surface area contributed by atoms with Crippen molar-refractivity contribution < 1.29 is 4.79 Å². The molecule has 0 saturated carbocycles. The van der Waals surface area contributed by atoms with E-state index in [1.54, 1.807) is 0 Å². The molecule has 1 amide bonds. The SMILES string of the molecule is CCCC(CCCl)CNC(=O)CC1CCSCC1. The van der Waals surface area contributed by atoms with Crippen molar-refractivity contribution in [2.24, 2.45) is 11.8 Å². The minimum atomic E-state index is 0.238. The lowest BCUT2D eigenvalue weighted by Crippen LogP contribution is -2.31. The minimum Gasteiger partial charge on any atom is -0.356 e. The van der Waals surface area contributed by atoms with Crippen molar-refractivity contribution in [2.75, 3.05) is 23.9 Å². The molecule has 1 aliphatic heterocycles. The van der Waals surface area contributed by atoms with Crippen molar-refractivity contribution in [1.29, 1.82) is 0 Å². The molecule has 0 aromatic rings. The molecule has 1 heterocycles. The van der Waals surface area contributed by atoms with E-state index in [4.69, 9.17) is 11.6 Å². The molecular weight excluding hydrogens is 266 g/mol. The highest BCUT2D eigenvalue weighted by molar-refractivity contribution is 7.99. The van der Waals surface area contributed by atoms with Gasteiger partial charge in [-0.1, -0.05) is 13.3 Å². The number of hydrogen-bond donors (Lipinski definition) is 1. The summed E-state index contributed by atoms with van der Waals surface area (Å²) in [6.45, 7) is 2.99. The van der Waals surface area contributed by atoms with Gasteiger partial charge in [-0.15, -0.1) is 11.6 Å². The van der Waals surface area contributed by atoms with E-state index in [2.05, 4.69) is 12.2 Å². The van der Waals surface area contributed by atoms with Crippen molar-refractivity contribution in [1.82, 2.24) is 5.32 Å². The normalized spacial score (nSPS) is 18.6. The first-order valence-electron chi connectivity index (χ1n) is 7.16. The molecule has 0 radical (unpaired) electrons. The highest BCUT2D eigenvalue weighted by Crippen LogP contribution is 2.25. The summed E-state index contributed by atoms with van der Waals surface area (Å²) in [6, 6.07) is 0. The summed E-state index contributed by atoms with van der Waals surface area (Å²) in [5.74, 6) is 4.55. The molecule has 1 N–H and O–H groups in total. The Morgan fingerprint density at radius 1 is 1.39 bits per heavy atom. The molecule has 18 heavy (non-hydrogen) atoms. The smallest absolute Gasteiger partial charge is 0.220 e. The van der Waals surface area contributed by atoms with Crippen LogP contribution in [0.2, 0.25) is 0 Å². The second-order valence-electron chi connectivity index (χ2n) is 5.20. The van der Waals surface area contributed by atoms with E-state index < -0.39 is 0 Å². The third-order valence-electron chi connectivity index (χ3n) is 3.62. The van der Waals surface area contributed by atoms with E-state index in [1.165, 1.54) is 24.3 Å². The van der Waals surface area contributed by atoms with E-state index in [0.717, 1.165) is 32.2 Å². The summed E-state index contributed by atoms with van der Waals surface area (Å²) in [4.78, 5) is 11.9. The molecule has 106 valence electrons. The predicted octanol–water partition coefficient (Wildman–Crippen LogP) is 3.68. The van der Waals surface area contributed by atoms with Crippen molar-refractivity contribution in [3.8, 4) is 0 Å². The van der Waals surface area contributed by atoms with Crippen LogP contribution in [0.3, 0.4) is 0 Å². The fourth-order valence-corrected chi connectivity index (χ4v) is 3.97. The van der Waals surface area contributed by atoms with E-state index in [9.17, 15) is 4.79 Å². The maximum Gasteiger partial charge on any atom is 0.220 e. The van der Waals surface area contributed by atoms with Gasteiger partial charge in [0.05, 0.1) is 0 Å². The van der Waals surface area contributed by atoms with Gasteiger partial charge in [-0.05, 0) is 49.0 Å². The van der Waals surface area contributed by atoms with Crippen LogP contribution in [0.5, 0.6) is 0 Å². The summed E-state index contributed by atoms with van der Waals surface area (Å²) in [5.41, 5.74) is 0. The second-order valence-corrected chi connectivity index (χ2v) is 6.80. The van der Waals surface area contributed by atoms with Gasteiger partial charge < -0.3 is 5.32 Å². The standard InChI is InChI=1S/C14H26ClNOS/c1-2-3-13(4-7-15)11-16-14(17)10-12-5-8-18-9-6-12/h12-13H,2-11H2,1H3,(H,16,17). The number of halogens is 1. The van der Waals surface area contributed by atoms with Crippen molar-refractivity contribution in [2.45, 2.75) is 45.4 Å². The summed E-state index contributed by atoms with van der Waals surface area (Å²) in [5, 5.41) is 3.10. The quantitative estimate of drug-likeness (QED) is 0.691. The Bertz CT molecular complexity index is 226. The van der Waals surface area contributed by atoms with Crippen molar-refractivity contribution in [3.63, 3.8) is 0 Å². The maximum absolute atomic E-state index is 11.9. The first-order valence-corrected chi connectivity index (χ1v) is 8.85. The minimum absolute atomic E-state index is 0.238. The lowest BCUT2D eigenvalue weighted by atomic mass is 9.97. The van der Waals surface area contributed by atoms with Crippen LogP contribution in [-0.4, -0.2) is 29.8 Å². The lowest BCUT2D eigenvalue weighted by Gasteiger charge is -2.21. The van der Waals surface area contributed by atoms with Crippen molar-refractivity contribution in [3.05, 3.63) is 0 Å². The summed E-state index contributed by atoms with van der Waals surface area (Å²) in [6.07, 6.45) is 6.47. The van der Waals surface area contributed by atoms with E-state index in [0.29, 0.717) is 17.7 Å². The van der Waals surface area contributed by atoms with Crippen LogP contribution >= 0.6 is 23.4 Å². The Balaban J connectivity index is 2.17. The number of hydrogen-bond acceptors (Lipinski definition) is 2. The van der Waals surface area contributed by atoms with E-state index in [1.807, 2.05) is 11.8 Å². The third kappa shape index (κ3) is 6.89. The van der Waals surface area contributed by atoms with Gasteiger partial charge in [-0.2, -0.15) is 11.8 Å². The molecule has 1 saturated heterocycles. The summed E-state index contributed by atoms with van der Waals surface area (Å²) in [7, 11) is 0. The van der Waals surface area contributed by atoms with Crippen LogP contribution < -0.4 is 5.32 Å². The van der Waals surface area contributed by atoms with Gasteiger partial charge in [0, 0.05) is 18.8 Å². The number of carbonyl (C=O) groups excluding carboxylic acids is 1. The van der Waals surface area contributed by atoms with Crippen LogP contribution in [0.25, 0.3) is 0 Å². The molecule has 1 atom stereocenters. The largest absolute Gasteiger partial charge is 0.356 e. The van der Waals surface area contributed by atoms with Gasteiger partial charge in [0.1, 0.15) is 0 Å². The Morgan fingerprint density at radius 3 is 2.72 bits per heavy atom. The zero-order chi connectivity index (χ0) is 13.2. The third-order valence-corrected chi connectivity index (χ3v) is 4.88. The van der Waals surface area contributed by atoms with Gasteiger partial charge >= 0.3 is 0 Å². The molecule has 1 fully saturated rings. The van der Waals surface area contributed by atoms with E-state index in [-0.39, 0.29) is 5.91 Å². The first kappa shape index (κ1) is 16.2. The average Bonchev–Trinajstić information content (AvgIpc) is 2.38. The molecular formula is C14H26ClNOS. The molecule has 4 heteroatoms. The zero-order valence-electron chi connectivity index (χ0n) is 11.4. The number of carbonyl (C=O) groups is 1. The number of nitrogens with one attached hydrogen (secondary N) is 1. The van der Waals surface area contributed by atoms with Crippen LogP contribution in [0.1, 0.15) is 45.4 Å². The molecule has 0 aromatic carbocycles. The number of amides is 1. The zero-order valence-corrected chi connectivity index (χ0v) is 13.0. The fourth-order valence-electron chi connectivity index (χ4n) is 2.45. The van der Waals surface area contributed by atoms with Gasteiger partial charge in [-0.3, -0.25) is 4.79 Å². The Kier molecular flexibility index (Phi) is 8.95. The Labute approximate surface area is 121 Å². The van der Waals surface area contributed by atoms with Crippen LogP contribution in [-0.2, 0) is 4.79 Å². The summed E-state index contributed by atoms with van der Waals surface area (Å²) >= 11 is 7.80. The number of alkyl halides is 1. The van der Waals surface area contributed by atoms with Crippen LogP contribution in [0.4, 0.5) is 0 Å². The number of thioether (sulfide) groups is 1. The highest BCUT2D eigenvalue weighted by Gasteiger charge is 2.17. The Hall–Kier alpha value is 0.110. The second kappa shape index (κ2) is 9.96. The van der Waals surface area contributed by atoms with Crippen molar-refractivity contribution >= 4 is 29.3 Å². The van der Waals surface area contributed by atoms with Gasteiger partial charge in [-0.25, -0.2) is 0 Å². The highest BCUT2D eigenvalue weighted by atomic mass is 35.5. The predicted molar refractivity (Wildman–Crippen MR) is 81.4 cm³/mol. The van der Waals surface area contributed by atoms with Gasteiger partial charge in [0.2, 0.25) is 5.91 Å². The monoisotopic (exact) mass is 291 g/mol. The molecule has 1 unspecified atom stereocenters. The molecule has 0 aromatic heterocycles. The van der Waals surface area contributed by atoms with Gasteiger partial charge in [0.15, 0.2) is 0 Å². The molecule has 0 aliphatic carbocycles. The van der Waals surface area contributed by atoms with E-state index >= 15 is 0 Å². The topological polar surface area (TPSA) is 29.1 Å². The summed E-state index contributed by atoms with van der Waals surface area (Å²) < 4.78 is 0. The first-order chi connectivity index (χ1) is 8.76.